The van der Waals surface area contributed by atoms with Crippen LogP contribution < -0.4 is 0 Å². The first kappa shape index (κ1) is 46.9. The van der Waals surface area contributed by atoms with E-state index in [4.69, 9.17) is 8.75 Å². The highest BCUT2D eigenvalue weighted by molar-refractivity contribution is 7.19. The molecule has 0 saturated heterocycles. The summed E-state index contributed by atoms with van der Waals surface area (Å²) in [6.45, 7) is 13.9. The number of benzene rings is 3. The first-order valence-electron chi connectivity index (χ1n) is 25.2. The molecule has 332 valence electrons. The van der Waals surface area contributed by atoms with E-state index in [1.54, 1.807) is 11.1 Å². The lowest BCUT2D eigenvalue weighted by Gasteiger charge is -2.33. The molecule has 0 saturated carbocycles. The number of rotatable bonds is 27. The van der Waals surface area contributed by atoms with Crippen LogP contribution in [-0.4, -0.2) is 8.75 Å². The summed E-state index contributed by atoms with van der Waals surface area (Å²) in [6, 6.07) is 24.8. The lowest BCUT2D eigenvalue weighted by molar-refractivity contribution is 0.398. The molecule has 2 nitrogen and oxygen atoms in total. The molecule has 0 atom stereocenters. The first-order valence-corrected chi connectivity index (χ1v) is 27.5. The monoisotopic (exact) mass is 885 g/mol. The number of aromatic nitrogens is 2. The summed E-state index contributed by atoms with van der Waals surface area (Å²) in [5.74, 6) is 0. The standard InChI is InChI=1S/C57H76N2S3/c1-7-11-15-19-21-25-35-57(36-26-22-20-16-12-8-2)50-37-41(5)29-31-46(50)47-32-30-45(38-51(47)57)56-44(28-24-18-14-10-4)40-53(61-56)49-34-33-48(54-55(49)59-62-58-54)52-39-43(42(6)60-52)27-23-17-13-9-3/h29-34,37-40H,7-28,35-36H2,1-6H3. The Kier molecular flexibility index (Phi) is 17.5. The number of aryl methyl sites for hydroxylation is 4. The van der Waals surface area contributed by atoms with Gasteiger partial charge in [-0.1, -0.05) is 191 Å². The van der Waals surface area contributed by atoms with Crippen LogP contribution in [0.1, 0.15) is 202 Å². The lowest BCUT2D eigenvalue weighted by atomic mass is 9.70. The molecule has 5 heteroatoms. The van der Waals surface area contributed by atoms with Gasteiger partial charge in [-0.05, 0) is 110 Å². The van der Waals surface area contributed by atoms with Crippen LogP contribution in [0.2, 0.25) is 0 Å². The van der Waals surface area contributed by atoms with Crippen LogP contribution in [-0.2, 0) is 18.3 Å². The zero-order valence-corrected chi connectivity index (χ0v) is 41.8. The number of hydrogen-bond acceptors (Lipinski definition) is 5. The Balaban J connectivity index is 1.26. The quantitative estimate of drug-likeness (QED) is 0.0482. The van der Waals surface area contributed by atoms with Crippen molar-refractivity contribution in [3.05, 3.63) is 93.4 Å². The molecule has 0 bridgehead atoms. The van der Waals surface area contributed by atoms with Crippen molar-refractivity contribution in [1.82, 2.24) is 8.75 Å². The fourth-order valence-corrected chi connectivity index (χ4v) is 13.4. The van der Waals surface area contributed by atoms with E-state index in [1.165, 1.54) is 223 Å². The smallest absolute Gasteiger partial charge is 0.114 e. The zero-order valence-electron chi connectivity index (χ0n) is 39.4. The van der Waals surface area contributed by atoms with E-state index in [9.17, 15) is 0 Å². The van der Waals surface area contributed by atoms with Crippen molar-refractivity contribution in [1.29, 1.82) is 0 Å². The van der Waals surface area contributed by atoms with Crippen LogP contribution >= 0.6 is 34.4 Å². The van der Waals surface area contributed by atoms with Crippen molar-refractivity contribution in [3.8, 4) is 42.4 Å². The molecule has 1 aliphatic carbocycles. The molecule has 0 fully saturated rings. The predicted molar refractivity (Wildman–Crippen MR) is 277 cm³/mol. The summed E-state index contributed by atoms with van der Waals surface area (Å²) in [7, 11) is 0. The molecule has 1 aliphatic rings. The lowest BCUT2D eigenvalue weighted by Crippen LogP contribution is -2.25. The largest absolute Gasteiger partial charge is 0.172 e. The van der Waals surface area contributed by atoms with Crippen molar-refractivity contribution in [2.75, 3.05) is 0 Å². The number of hydrogen-bond donors (Lipinski definition) is 0. The Hall–Kier alpha value is -3.12. The van der Waals surface area contributed by atoms with Gasteiger partial charge in [0.15, 0.2) is 0 Å². The summed E-state index contributed by atoms with van der Waals surface area (Å²) in [6.07, 6.45) is 31.2. The Morgan fingerprint density at radius 1 is 0.452 bits per heavy atom. The van der Waals surface area contributed by atoms with Crippen molar-refractivity contribution >= 4 is 45.4 Å². The Bertz CT molecular complexity index is 2300. The maximum atomic E-state index is 5.02. The minimum Gasteiger partial charge on any atom is -0.172 e. The molecule has 0 spiro atoms. The molecule has 0 amide bonds. The molecular formula is C57H76N2S3. The minimum atomic E-state index is 0.0768. The van der Waals surface area contributed by atoms with Crippen molar-refractivity contribution < 1.29 is 0 Å². The average Bonchev–Trinajstić information content (AvgIpc) is 4.08. The molecule has 7 rings (SSSR count). The van der Waals surface area contributed by atoms with E-state index >= 15 is 0 Å². The molecule has 0 N–H and O–H groups in total. The average molecular weight is 885 g/mol. The number of fused-ring (bicyclic) bond motifs is 4. The zero-order chi connectivity index (χ0) is 43.3. The summed E-state index contributed by atoms with van der Waals surface area (Å²) >= 11 is 5.30. The molecule has 0 radical (unpaired) electrons. The second kappa shape index (κ2) is 23.2. The molecule has 3 heterocycles. The third-order valence-electron chi connectivity index (χ3n) is 14.1. The fraction of sp³-hybridized carbons (Fsp3) is 0.544. The predicted octanol–water partition coefficient (Wildman–Crippen LogP) is 19.4. The highest BCUT2D eigenvalue weighted by atomic mass is 32.1. The molecule has 3 aromatic carbocycles. The molecule has 0 aliphatic heterocycles. The van der Waals surface area contributed by atoms with Crippen LogP contribution in [0, 0.1) is 13.8 Å². The summed E-state index contributed by atoms with van der Waals surface area (Å²) < 4.78 is 10.00. The van der Waals surface area contributed by atoms with Crippen molar-refractivity contribution in [3.63, 3.8) is 0 Å². The second-order valence-corrected chi connectivity index (χ2v) is 21.7. The van der Waals surface area contributed by atoms with Gasteiger partial charge in [0.2, 0.25) is 0 Å². The van der Waals surface area contributed by atoms with Gasteiger partial charge in [-0.2, -0.15) is 8.75 Å². The molecular weight excluding hydrogens is 809 g/mol. The van der Waals surface area contributed by atoms with Crippen molar-refractivity contribution in [2.24, 2.45) is 0 Å². The van der Waals surface area contributed by atoms with Gasteiger partial charge in [0.05, 0.1) is 11.7 Å². The normalized spacial score (nSPS) is 13.1. The number of nitrogens with zero attached hydrogens (tertiary/aromatic N) is 2. The Morgan fingerprint density at radius 2 is 0.919 bits per heavy atom. The topological polar surface area (TPSA) is 25.8 Å². The van der Waals surface area contributed by atoms with Crippen LogP contribution in [0.5, 0.6) is 0 Å². The maximum absolute atomic E-state index is 5.02. The van der Waals surface area contributed by atoms with Crippen LogP contribution in [0.15, 0.2) is 60.7 Å². The number of thiophene rings is 2. The van der Waals surface area contributed by atoms with Gasteiger partial charge in [0.25, 0.3) is 0 Å². The van der Waals surface area contributed by atoms with Crippen LogP contribution in [0.25, 0.3) is 53.5 Å². The van der Waals surface area contributed by atoms with E-state index in [2.05, 4.69) is 102 Å². The maximum Gasteiger partial charge on any atom is 0.114 e. The van der Waals surface area contributed by atoms with Gasteiger partial charge in [-0.25, -0.2) is 0 Å². The fourth-order valence-electron chi connectivity index (χ4n) is 10.5. The second-order valence-electron chi connectivity index (χ2n) is 18.8. The minimum absolute atomic E-state index is 0.0768. The van der Waals surface area contributed by atoms with Crippen LogP contribution in [0.3, 0.4) is 0 Å². The molecule has 6 aromatic rings. The Labute approximate surface area is 388 Å². The third-order valence-corrected chi connectivity index (χ3v) is 17.0. The summed E-state index contributed by atoms with van der Waals surface area (Å²) in [5, 5.41) is 0. The first-order chi connectivity index (χ1) is 30.4. The summed E-state index contributed by atoms with van der Waals surface area (Å²) in [5.41, 5.74) is 16.7. The van der Waals surface area contributed by atoms with E-state index < -0.39 is 0 Å². The van der Waals surface area contributed by atoms with Crippen molar-refractivity contribution in [2.45, 2.75) is 201 Å². The SMILES string of the molecule is CCCCCCCCC1(CCCCCCCC)c2cc(C)ccc2-c2ccc(-c3sc(-c4ccc(-c5cc(CCCCCC)c(C)s5)c5nsnc45)cc3CCCCCC)cc21. The van der Waals surface area contributed by atoms with Gasteiger partial charge in [-0.3, -0.25) is 0 Å². The van der Waals surface area contributed by atoms with Crippen LogP contribution in [0.4, 0.5) is 0 Å². The van der Waals surface area contributed by atoms with E-state index in [0.717, 1.165) is 17.5 Å². The van der Waals surface area contributed by atoms with Gasteiger partial charge < -0.3 is 0 Å². The summed E-state index contributed by atoms with van der Waals surface area (Å²) in [4.78, 5) is 5.57. The number of unbranched alkanes of at least 4 members (excludes halogenated alkanes) is 16. The van der Waals surface area contributed by atoms with Gasteiger partial charge in [-0.15, -0.1) is 22.7 Å². The molecule has 62 heavy (non-hydrogen) atoms. The third kappa shape index (κ3) is 10.9. The van der Waals surface area contributed by atoms with Gasteiger partial charge in [0.1, 0.15) is 11.0 Å². The molecule has 0 unspecified atom stereocenters. The Morgan fingerprint density at radius 3 is 1.52 bits per heavy atom. The van der Waals surface area contributed by atoms with E-state index in [0.29, 0.717) is 0 Å². The highest BCUT2D eigenvalue weighted by Gasteiger charge is 2.42. The van der Waals surface area contributed by atoms with Gasteiger partial charge >= 0.3 is 0 Å². The molecule has 3 aromatic heterocycles. The van der Waals surface area contributed by atoms with Gasteiger partial charge in [0, 0.05) is 36.1 Å². The highest BCUT2D eigenvalue weighted by Crippen LogP contribution is 2.56. The van der Waals surface area contributed by atoms with E-state index in [1.807, 2.05) is 22.7 Å². The van der Waals surface area contributed by atoms with E-state index in [-0.39, 0.29) is 5.41 Å².